The minimum atomic E-state index is -0.490. The summed E-state index contributed by atoms with van der Waals surface area (Å²) in [7, 11) is 0. The van der Waals surface area contributed by atoms with Gasteiger partial charge < -0.3 is 5.73 Å². The van der Waals surface area contributed by atoms with Crippen molar-refractivity contribution >= 4 is 5.91 Å². The van der Waals surface area contributed by atoms with Gasteiger partial charge >= 0.3 is 0 Å². The number of hydrogen-bond donors (Lipinski definition) is 2. The van der Waals surface area contributed by atoms with E-state index in [1.165, 1.54) is 0 Å². The molecule has 1 aromatic carbocycles. The second-order valence-electron chi connectivity index (χ2n) is 4.19. The van der Waals surface area contributed by atoms with Gasteiger partial charge in [0.05, 0.1) is 18.7 Å². The number of nitrogens with one attached hydrogen (secondary N) is 1. The van der Waals surface area contributed by atoms with Crippen LogP contribution < -0.4 is 11.1 Å². The zero-order valence-electron chi connectivity index (χ0n) is 10.2. The normalized spacial score (nSPS) is 11.8. The molecule has 0 aliphatic heterocycles. The van der Waals surface area contributed by atoms with Crippen LogP contribution in [0, 0.1) is 25.2 Å². The van der Waals surface area contributed by atoms with Gasteiger partial charge in [0.25, 0.3) is 0 Å². The Kier molecular flexibility index (Phi) is 4.68. The first-order valence-electron chi connectivity index (χ1n) is 5.49. The minimum absolute atomic E-state index is 0.123. The van der Waals surface area contributed by atoms with E-state index in [1.807, 2.05) is 32.0 Å². The van der Waals surface area contributed by atoms with E-state index in [9.17, 15) is 4.79 Å². The van der Waals surface area contributed by atoms with Gasteiger partial charge in [-0.25, -0.2) is 0 Å². The molecule has 0 aromatic heterocycles. The van der Waals surface area contributed by atoms with Crippen LogP contribution in [0.3, 0.4) is 0 Å². The lowest BCUT2D eigenvalue weighted by Gasteiger charge is -2.14. The third-order valence-corrected chi connectivity index (χ3v) is 2.49. The first-order chi connectivity index (χ1) is 8.02. The van der Waals surface area contributed by atoms with E-state index in [-0.39, 0.29) is 6.54 Å². The fraction of sp³-hybridized carbons (Fsp3) is 0.385. The van der Waals surface area contributed by atoms with Crippen molar-refractivity contribution in [2.45, 2.75) is 26.3 Å². The number of nitrogens with two attached hydrogens (primary N) is 1. The molecule has 0 fully saturated rings. The Morgan fingerprint density at radius 1 is 1.41 bits per heavy atom. The van der Waals surface area contributed by atoms with Crippen molar-refractivity contribution in [3.05, 3.63) is 34.9 Å². The SMILES string of the molecule is Cc1cc(C)cc(C[C@H](NCC#N)C(N)=O)c1. The van der Waals surface area contributed by atoms with Gasteiger partial charge in [-0.05, 0) is 25.8 Å². The van der Waals surface area contributed by atoms with Gasteiger partial charge in [-0.3, -0.25) is 10.1 Å². The molecule has 17 heavy (non-hydrogen) atoms. The number of nitriles is 1. The minimum Gasteiger partial charge on any atom is -0.368 e. The molecule has 0 heterocycles. The number of primary amides is 1. The molecule has 0 bridgehead atoms. The molecule has 0 saturated heterocycles. The second-order valence-corrected chi connectivity index (χ2v) is 4.19. The summed E-state index contributed by atoms with van der Waals surface area (Å²) in [6.45, 7) is 4.15. The molecular formula is C13H17N3O. The van der Waals surface area contributed by atoms with E-state index < -0.39 is 11.9 Å². The molecule has 1 rings (SSSR count). The van der Waals surface area contributed by atoms with Crippen LogP contribution in [0.25, 0.3) is 0 Å². The Hall–Kier alpha value is -1.86. The summed E-state index contributed by atoms with van der Waals surface area (Å²) < 4.78 is 0. The molecule has 4 nitrogen and oxygen atoms in total. The van der Waals surface area contributed by atoms with Crippen molar-refractivity contribution in [3.63, 3.8) is 0 Å². The maximum Gasteiger partial charge on any atom is 0.234 e. The molecule has 0 saturated carbocycles. The van der Waals surface area contributed by atoms with E-state index in [4.69, 9.17) is 11.0 Å². The highest BCUT2D eigenvalue weighted by Crippen LogP contribution is 2.10. The third-order valence-electron chi connectivity index (χ3n) is 2.49. The highest BCUT2D eigenvalue weighted by atomic mass is 16.1. The zero-order chi connectivity index (χ0) is 12.8. The summed E-state index contributed by atoms with van der Waals surface area (Å²) in [4.78, 5) is 11.2. The molecule has 0 aliphatic carbocycles. The van der Waals surface area contributed by atoms with E-state index in [0.29, 0.717) is 6.42 Å². The van der Waals surface area contributed by atoms with Gasteiger partial charge in [0.1, 0.15) is 0 Å². The summed E-state index contributed by atoms with van der Waals surface area (Å²) in [6, 6.07) is 7.58. The van der Waals surface area contributed by atoms with Gasteiger partial charge in [-0.2, -0.15) is 5.26 Å². The smallest absolute Gasteiger partial charge is 0.234 e. The van der Waals surface area contributed by atoms with E-state index in [0.717, 1.165) is 16.7 Å². The summed E-state index contributed by atoms with van der Waals surface area (Å²) in [5.74, 6) is -0.431. The number of carbonyl (C=O) groups is 1. The summed E-state index contributed by atoms with van der Waals surface area (Å²) in [5, 5.41) is 11.3. The molecule has 4 heteroatoms. The Bertz CT molecular complexity index is 428. The van der Waals surface area contributed by atoms with Crippen molar-refractivity contribution in [1.29, 1.82) is 5.26 Å². The van der Waals surface area contributed by atoms with E-state index >= 15 is 0 Å². The Labute approximate surface area is 101 Å². The fourth-order valence-corrected chi connectivity index (χ4v) is 1.86. The second kappa shape index (κ2) is 6.02. The lowest BCUT2D eigenvalue weighted by molar-refractivity contribution is -0.119. The average molecular weight is 231 g/mol. The van der Waals surface area contributed by atoms with Gasteiger partial charge in [0, 0.05) is 0 Å². The largest absolute Gasteiger partial charge is 0.368 e. The molecule has 1 aromatic rings. The Morgan fingerprint density at radius 3 is 2.47 bits per heavy atom. The Balaban J connectivity index is 2.79. The highest BCUT2D eigenvalue weighted by molar-refractivity contribution is 5.80. The van der Waals surface area contributed by atoms with E-state index in [1.54, 1.807) is 0 Å². The molecule has 1 atom stereocenters. The summed E-state index contributed by atoms with van der Waals surface area (Å²) in [5.41, 5.74) is 8.66. The molecule has 3 N–H and O–H groups in total. The number of carbonyl (C=O) groups excluding carboxylic acids is 1. The fourth-order valence-electron chi connectivity index (χ4n) is 1.86. The predicted molar refractivity (Wildman–Crippen MR) is 66.2 cm³/mol. The number of aryl methyl sites for hydroxylation is 2. The maximum atomic E-state index is 11.2. The first-order valence-corrected chi connectivity index (χ1v) is 5.49. The maximum absolute atomic E-state index is 11.2. The lowest BCUT2D eigenvalue weighted by atomic mass is 10.0. The van der Waals surface area contributed by atoms with Crippen LogP contribution in [-0.4, -0.2) is 18.5 Å². The number of amides is 1. The molecule has 1 amide bonds. The zero-order valence-corrected chi connectivity index (χ0v) is 10.2. The average Bonchev–Trinajstić information content (AvgIpc) is 2.22. The van der Waals surface area contributed by atoms with Crippen LogP contribution in [0.4, 0.5) is 0 Å². The number of rotatable bonds is 5. The van der Waals surface area contributed by atoms with Crippen LogP contribution in [0.5, 0.6) is 0 Å². The standard InChI is InChI=1S/C13H17N3O/c1-9-5-10(2)7-11(6-9)8-12(13(15)17)16-4-3-14/h5-7,12,16H,4,8H2,1-2H3,(H2,15,17)/t12-/m0/s1. The van der Waals surface area contributed by atoms with Gasteiger partial charge in [-0.1, -0.05) is 29.3 Å². The van der Waals surface area contributed by atoms with Crippen LogP contribution in [-0.2, 0) is 11.2 Å². The van der Waals surface area contributed by atoms with Crippen molar-refractivity contribution < 1.29 is 4.79 Å². The first kappa shape index (κ1) is 13.2. The van der Waals surface area contributed by atoms with Crippen molar-refractivity contribution in [2.75, 3.05) is 6.54 Å². The van der Waals surface area contributed by atoms with Crippen LogP contribution in [0.1, 0.15) is 16.7 Å². The molecule has 0 spiro atoms. The highest BCUT2D eigenvalue weighted by Gasteiger charge is 2.15. The van der Waals surface area contributed by atoms with Crippen molar-refractivity contribution in [1.82, 2.24) is 5.32 Å². The van der Waals surface area contributed by atoms with Crippen LogP contribution >= 0.6 is 0 Å². The summed E-state index contributed by atoms with van der Waals surface area (Å²) in [6.07, 6.45) is 0.513. The van der Waals surface area contributed by atoms with Gasteiger partial charge in [0.2, 0.25) is 5.91 Å². The van der Waals surface area contributed by atoms with Crippen molar-refractivity contribution in [3.8, 4) is 6.07 Å². The Morgan fingerprint density at radius 2 is 2.00 bits per heavy atom. The quantitative estimate of drug-likeness (QED) is 0.736. The molecular weight excluding hydrogens is 214 g/mol. The topological polar surface area (TPSA) is 78.9 Å². The number of nitrogens with zero attached hydrogens (tertiary/aromatic N) is 1. The number of hydrogen-bond acceptors (Lipinski definition) is 3. The summed E-state index contributed by atoms with van der Waals surface area (Å²) >= 11 is 0. The van der Waals surface area contributed by atoms with Gasteiger partial charge in [-0.15, -0.1) is 0 Å². The predicted octanol–water partition coefficient (Wildman–Crippen LogP) is 0.813. The molecule has 90 valence electrons. The number of benzene rings is 1. The van der Waals surface area contributed by atoms with E-state index in [2.05, 4.69) is 11.4 Å². The molecule has 0 radical (unpaired) electrons. The van der Waals surface area contributed by atoms with Crippen LogP contribution in [0.2, 0.25) is 0 Å². The molecule has 0 aliphatic rings. The van der Waals surface area contributed by atoms with Crippen molar-refractivity contribution in [2.24, 2.45) is 5.73 Å². The van der Waals surface area contributed by atoms with Crippen LogP contribution in [0.15, 0.2) is 18.2 Å². The third kappa shape index (κ3) is 4.25. The lowest BCUT2D eigenvalue weighted by Crippen LogP contribution is -2.43. The molecule has 0 unspecified atom stereocenters. The monoisotopic (exact) mass is 231 g/mol. The van der Waals surface area contributed by atoms with Gasteiger partial charge in [0.15, 0.2) is 0 Å².